The summed E-state index contributed by atoms with van der Waals surface area (Å²) in [6, 6.07) is 13.2. The largest absolute Gasteiger partial charge is 0.491 e. The van der Waals surface area contributed by atoms with Gasteiger partial charge in [0.1, 0.15) is 22.3 Å². The number of aromatic nitrogens is 1. The van der Waals surface area contributed by atoms with Gasteiger partial charge in [0, 0.05) is 16.6 Å². The number of thiazole rings is 1. The van der Waals surface area contributed by atoms with E-state index in [0.29, 0.717) is 11.4 Å². The Kier molecular flexibility index (Phi) is 5.09. The topological polar surface area (TPSA) is 51.2 Å². The number of ether oxygens (including phenoxy) is 1. The lowest BCUT2D eigenvalue weighted by atomic mass is 10.2. The fraction of sp³-hybridized carbons (Fsp3) is 0.158. The van der Waals surface area contributed by atoms with Gasteiger partial charge in [-0.2, -0.15) is 0 Å². The van der Waals surface area contributed by atoms with Crippen LogP contribution in [0.25, 0.3) is 10.6 Å². The number of rotatable bonds is 5. The van der Waals surface area contributed by atoms with Gasteiger partial charge in [-0.1, -0.05) is 12.1 Å². The molecule has 1 heterocycles. The van der Waals surface area contributed by atoms with Crippen molar-refractivity contribution in [3.63, 3.8) is 0 Å². The molecule has 0 aliphatic heterocycles. The summed E-state index contributed by atoms with van der Waals surface area (Å²) >= 11 is 1.38. The first-order valence-electron chi connectivity index (χ1n) is 7.81. The van der Waals surface area contributed by atoms with Gasteiger partial charge in [0.25, 0.3) is 5.91 Å². The van der Waals surface area contributed by atoms with Crippen LogP contribution in [-0.4, -0.2) is 17.0 Å². The fourth-order valence-corrected chi connectivity index (χ4v) is 3.01. The molecule has 0 fully saturated rings. The lowest BCUT2D eigenvalue weighted by Crippen LogP contribution is -2.12. The molecule has 1 amide bonds. The van der Waals surface area contributed by atoms with E-state index in [-0.39, 0.29) is 17.8 Å². The first-order valence-corrected chi connectivity index (χ1v) is 8.69. The summed E-state index contributed by atoms with van der Waals surface area (Å²) in [4.78, 5) is 16.7. The maximum Gasteiger partial charge on any atom is 0.275 e. The van der Waals surface area contributed by atoms with Gasteiger partial charge in [-0.05, 0) is 50.2 Å². The van der Waals surface area contributed by atoms with Gasteiger partial charge in [0.05, 0.1) is 6.10 Å². The van der Waals surface area contributed by atoms with Gasteiger partial charge >= 0.3 is 0 Å². The predicted octanol–water partition coefficient (Wildman–Crippen LogP) is 4.99. The third kappa shape index (κ3) is 4.42. The van der Waals surface area contributed by atoms with E-state index in [4.69, 9.17) is 4.74 Å². The minimum absolute atomic E-state index is 0.0867. The van der Waals surface area contributed by atoms with Gasteiger partial charge in [0.2, 0.25) is 0 Å². The first-order chi connectivity index (χ1) is 12.0. The molecule has 0 aliphatic rings. The zero-order valence-electron chi connectivity index (χ0n) is 13.8. The number of amides is 1. The fourth-order valence-electron chi connectivity index (χ4n) is 2.21. The van der Waals surface area contributed by atoms with Crippen LogP contribution in [0.15, 0.2) is 53.9 Å². The minimum atomic E-state index is -0.350. The van der Waals surface area contributed by atoms with Crippen LogP contribution in [0, 0.1) is 5.82 Å². The number of carbonyl (C=O) groups excluding carboxylic acids is 1. The summed E-state index contributed by atoms with van der Waals surface area (Å²) in [5.41, 5.74) is 1.73. The van der Waals surface area contributed by atoms with Gasteiger partial charge in [-0.15, -0.1) is 11.3 Å². The van der Waals surface area contributed by atoms with E-state index in [2.05, 4.69) is 10.3 Å². The standard InChI is InChI=1S/C19H17FN2O2S/c1-12(2)24-16-5-3-4-13(10-16)19-22-17(11-25-19)18(23)21-15-8-6-14(20)7-9-15/h3-12H,1-2H3,(H,21,23). The monoisotopic (exact) mass is 356 g/mol. The Morgan fingerprint density at radius 2 is 1.96 bits per heavy atom. The van der Waals surface area contributed by atoms with Crippen LogP contribution in [0.4, 0.5) is 10.1 Å². The van der Waals surface area contributed by atoms with Crippen LogP contribution in [0.3, 0.4) is 0 Å². The van der Waals surface area contributed by atoms with Crippen LogP contribution in [-0.2, 0) is 0 Å². The molecule has 0 saturated heterocycles. The van der Waals surface area contributed by atoms with Crippen LogP contribution in [0.1, 0.15) is 24.3 Å². The average molecular weight is 356 g/mol. The molecule has 2 aromatic carbocycles. The highest BCUT2D eigenvalue weighted by Crippen LogP contribution is 2.27. The molecule has 3 rings (SSSR count). The van der Waals surface area contributed by atoms with E-state index in [1.807, 2.05) is 38.1 Å². The molecule has 3 aromatic rings. The molecule has 0 aliphatic carbocycles. The summed E-state index contributed by atoms with van der Waals surface area (Å²) in [7, 11) is 0. The van der Waals surface area contributed by atoms with Crippen molar-refractivity contribution in [1.82, 2.24) is 4.98 Å². The third-order valence-corrected chi connectivity index (χ3v) is 4.18. The Morgan fingerprint density at radius 3 is 2.68 bits per heavy atom. The van der Waals surface area contributed by atoms with Crippen molar-refractivity contribution in [2.75, 3.05) is 5.32 Å². The quantitative estimate of drug-likeness (QED) is 0.701. The SMILES string of the molecule is CC(C)Oc1cccc(-c2nc(C(=O)Nc3ccc(F)cc3)cs2)c1. The molecular weight excluding hydrogens is 339 g/mol. The smallest absolute Gasteiger partial charge is 0.275 e. The second-order valence-corrected chi connectivity index (χ2v) is 6.55. The van der Waals surface area contributed by atoms with Crippen molar-refractivity contribution in [1.29, 1.82) is 0 Å². The van der Waals surface area contributed by atoms with Gasteiger partial charge in [-0.3, -0.25) is 4.79 Å². The van der Waals surface area contributed by atoms with E-state index in [1.54, 1.807) is 5.38 Å². The normalized spacial score (nSPS) is 10.7. The predicted molar refractivity (Wildman–Crippen MR) is 97.7 cm³/mol. The maximum atomic E-state index is 12.9. The third-order valence-electron chi connectivity index (χ3n) is 3.29. The molecule has 25 heavy (non-hydrogen) atoms. The molecule has 6 heteroatoms. The van der Waals surface area contributed by atoms with E-state index in [0.717, 1.165) is 16.3 Å². The highest BCUT2D eigenvalue weighted by molar-refractivity contribution is 7.13. The van der Waals surface area contributed by atoms with Crippen molar-refractivity contribution < 1.29 is 13.9 Å². The lowest BCUT2D eigenvalue weighted by molar-refractivity contribution is 0.102. The Morgan fingerprint density at radius 1 is 1.20 bits per heavy atom. The molecular formula is C19H17FN2O2S. The molecule has 0 atom stereocenters. The number of nitrogens with one attached hydrogen (secondary N) is 1. The Hall–Kier alpha value is -2.73. The highest BCUT2D eigenvalue weighted by atomic mass is 32.1. The summed E-state index contributed by atoms with van der Waals surface area (Å²) in [6.07, 6.45) is 0.0867. The highest BCUT2D eigenvalue weighted by Gasteiger charge is 2.13. The van der Waals surface area contributed by atoms with Gasteiger partial charge < -0.3 is 10.1 Å². The maximum absolute atomic E-state index is 12.9. The minimum Gasteiger partial charge on any atom is -0.491 e. The number of anilines is 1. The Balaban J connectivity index is 1.75. The van der Waals surface area contributed by atoms with Crippen molar-refractivity contribution >= 4 is 22.9 Å². The molecule has 1 aromatic heterocycles. The van der Waals surface area contributed by atoms with Crippen molar-refractivity contribution in [2.24, 2.45) is 0 Å². The summed E-state index contributed by atoms with van der Waals surface area (Å²) in [5, 5.41) is 5.13. The van der Waals surface area contributed by atoms with Crippen LogP contribution in [0.5, 0.6) is 5.75 Å². The number of carbonyl (C=O) groups is 1. The number of nitrogens with zero attached hydrogens (tertiary/aromatic N) is 1. The second kappa shape index (κ2) is 7.44. The first kappa shape index (κ1) is 17.1. The lowest BCUT2D eigenvalue weighted by Gasteiger charge is -2.10. The molecule has 1 N–H and O–H groups in total. The van der Waals surface area contributed by atoms with Gasteiger partial charge in [0.15, 0.2) is 0 Å². The second-order valence-electron chi connectivity index (χ2n) is 5.69. The molecule has 0 saturated carbocycles. The zero-order valence-corrected chi connectivity index (χ0v) is 14.6. The molecule has 0 spiro atoms. The van der Waals surface area contributed by atoms with Crippen LogP contribution < -0.4 is 10.1 Å². The molecule has 0 bridgehead atoms. The number of hydrogen-bond acceptors (Lipinski definition) is 4. The molecule has 128 valence electrons. The Bertz CT molecular complexity index is 875. The number of hydrogen-bond donors (Lipinski definition) is 1. The van der Waals surface area contributed by atoms with Crippen LogP contribution >= 0.6 is 11.3 Å². The summed E-state index contributed by atoms with van der Waals surface area (Å²) < 4.78 is 18.6. The zero-order chi connectivity index (χ0) is 17.8. The Labute approximate surface area is 149 Å². The van der Waals surface area contributed by atoms with Crippen molar-refractivity contribution in [2.45, 2.75) is 20.0 Å². The van der Waals surface area contributed by atoms with E-state index in [1.165, 1.54) is 35.6 Å². The number of halogens is 1. The molecule has 0 radical (unpaired) electrons. The molecule has 4 nitrogen and oxygen atoms in total. The van der Waals surface area contributed by atoms with Crippen LogP contribution in [0.2, 0.25) is 0 Å². The van der Waals surface area contributed by atoms with E-state index in [9.17, 15) is 9.18 Å². The average Bonchev–Trinajstić information content (AvgIpc) is 3.07. The molecule has 0 unspecified atom stereocenters. The van der Waals surface area contributed by atoms with E-state index >= 15 is 0 Å². The summed E-state index contributed by atoms with van der Waals surface area (Å²) in [5.74, 6) is 0.0844. The van der Waals surface area contributed by atoms with Gasteiger partial charge in [-0.25, -0.2) is 9.37 Å². The summed E-state index contributed by atoms with van der Waals surface area (Å²) in [6.45, 7) is 3.93. The van der Waals surface area contributed by atoms with E-state index < -0.39 is 0 Å². The van der Waals surface area contributed by atoms with Crippen molar-refractivity contribution in [3.8, 4) is 16.3 Å². The number of benzene rings is 2. The van der Waals surface area contributed by atoms with Crippen molar-refractivity contribution in [3.05, 3.63) is 65.4 Å².